The van der Waals surface area contributed by atoms with Gasteiger partial charge in [0.1, 0.15) is 18.0 Å². The Morgan fingerprint density at radius 2 is 1.92 bits per heavy atom. The van der Waals surface area contributed by atoms with E-state index in [2.05, 4.69) is 36.2 Å². The van der Waals surface area contributed by atoms with E-state index in [1.807, 2.05) is 19.2 Å². The summed E-state index contributed by atoms with van der Waals surface area (Å²) in [6, 6.07) is 6.16. The summed E-state index contributed by atoms with van der Waals surface area (Å²) in [5, 5.41) is 8.31. The largest absolute Gasteiger partial charge is 0.373 e. The van der Waals surface area contributed by atoms with Crippen LogP contribution >= 0.6 is 0 Å². The van der Waals surface area contributed by atoms with E-state index in [4.69, 9.17) is 4.74 Å². The number of ether oxygens (including phenoxy) is 1. The van der Waals surface area contributed by atoms with Gasteiger partial charge < -0.3 is 10.1 Å². The molecule has 7 rings (SSSR count). The predicted molar refractivity (Wildman–Crippen MR) is 136 cm³/mol. The molecular formula is C28H30F2N6O. The zero-order valence-electron chi connectivity index (χ0n) is 20.8. The highest BCUT2D eigenvalue weighted by molar-refractivity contribution is 5.90. The number of halogens is 2. The molecular weight excluding hydrogens is 474 g/mol. The van der Waals surface area contributed by atoms with E-state index < -0.39 is 11.6 Å². The Balaban J connectivity index is 0.000000153. The molecule has 192 valence electrons. The predicted octanol–water partition coefficient (Wildman–Crippen LogP) is 5.42. The van der Waals surface area contributed by atoms with Crippen LogP contribution in [0, 0.1) is 18.6 Å². The average Bonchev–Trinajstić information content (AvgIpc) is 3.60. The van der Waals surface area contributed by atoms with Crippen LogP contribution in [0.2, 0.25) is 0 Å². The van der Waals surface area contributed by atoms with Crippen molar-refractivity contribution in [3.63, 3.8) is 0 Å². The number of aromatic nitrogens is 5. The number of hydrogen-bond donors (Lipinski definition) is 1. The summed E-state index contributed by atoms with van der Waals surface area (Å²) in [6.07, 6.45) is 12.1. The fourth-order valence-corrected chi connectivity index (χ4v) is 4.97. The average molecular weight is 505 g/mol. The Morgan fingerprint density at radius 1 is 1.05 bits per heavy atom. The third-order valence-corrected chi connectivity index (χ3v) is 7.36. The van der Waals surface area contributed by atoms with Gasteiger partial charge in [-0.15, -0.1) is 0 Å². The molecule has 0 amide bonds. The van der Waals surface area contributed by atoms with Crippen LogP contribution in [0.25, 0.3) is 22.3 Å². The summed E-state index contributed by atoms with van der Waals surface area (Å²) in [4.78, 5) is 12.9. The van der Waals surface area contributed by atoms with E-state index in [1.165, 1.54) is 49.7 Å². The summed E-state index contributed by atoms with van der Waals surface area (Å²) < 4.78 is 35.1. The fourth-order valence-electron chi connectivity index (χ4n) is 4.97. The standard InChI is InChI=1S/C17H14F2N4.C11H16N2O/c1-9-13(10-6-20-7-10)5-14-16(21-8-22-17(14)23-9)12-3-2-11(18)4-15(12)19;1-2-6-14-11(3-1)9-7-12-13(8-9)10-4-5-10/h2-5,8,10,20H,6-7H2,1H3;7-8,10-11H,1-6H2/t;11-/m.1/s1. The second kappa shape index (κ2) is 10.2. The molecule has 3 aliphatic rings. The molecule has 3 fully saturated rings. The van der Waals surface area contributed by atoms with Gasteiger partial charge in [-0.2, -0.15) is 5.10 Å². The zero-order chi connectivity index (χ0) is 25.4. The molecule has 1 aromatic carbocycles. The Labute approximate surface area is 214 Å². The van der Waals surface area contributed by atoms with E-state index >= 15 is 0 Å². The molecule has 9 heteroatoms. The molecule has 1 aliphatic carbocycles. The lowest BCUT2D eigenvalue weighted by molar-refractivity contribution is 0.0149. The number of nitrogens with one attached hydrogen (secondary N) is 1. The SMILES string of the molecule is Cc1nc2ncnc(-c3ccc(F)cc3F)c2cc1C1CNC1.c1nn(C2CC2)cc1[C@H]1CCCCO1. The Hall–Kier alpha value is -3.30. The molecule has 2 saturated heterocycles. The summed E-state index contributed by atoms with van der Waals surface area (Å²) in [6.45, 7) is 4.68. The van der Waals surface area contributed by atoms with Crippen LogP contribution in [0.3, 0.4) is 0 Å². The minimum absolute atomic E-state index is 0.252. The van der Waals surface area contributed by atoms with Crippen LogP contribution < -0.4 is 5.32 Å². The molecule has 37 heavy (non-hydrogen) atoms. The highest BCUT2D eigenvalue weighted by Crippen LogP contribution is 2.36. The van der Waals surface area contributed by atoms with Gasteiger partial charge in [-0.1, -0.05) is 0 Å². The molecule has 0 spiro atoms. The fraction of sp³-hybridized carbons (Fsp3) is 0.429. The maximum absolute atomic E-state index is 14.1. The van der Waals surface area contributed by atoms with Gasteiger partial charge in [0.25, 0.3) is 0 Å². The molecule has 4 aromatic rings. The lowest BCUT2D eigenvalue weighted by atomic mass is 9.91. The molecule has 1 atom stereocenters. The maximum atomic E-state index is 14.1. The minimum Gasteiger partial charge on any atom is -0.373 e. The first kappa shape index (κ1) is 24.1. The summed E-state index contributed by atoms with van der Waals surface area (Å²) in [5.41, 5.74) is 4.53. The van der Waals surface area contributed by atoms with Crippen LogP contribution in [0.4, 0.5) is 8.78 Å². The van der Waals surface area contributed by atoms with Gasteiger partial charge in [-0.05, 0) is 62.8 Å². The van der Waals surface area contributed by atoms with Crippen molar-refractivity contribution < 1.29 is 13.5 Å². The molecule has 0 unspecified atom stereocenters. The number of nitrogens with zero attached hydrogens (tertiary/aromatic N) is 5. The highest BCUT2D eigenvalue weighted by Gasteiger charge is 2.26. The third-order valence-electron chi connectivity index (χ3n) is 7.36. The summed E-state index contributed by atoms with van der Waals surface area (Å²) >= 11 is 0. The lowest BCUT2D eigenvalue weighted by Crippen LogP contribution is -2.40. The molecule has 7 nitrogen and oxygen atoms in total. The Bertz CT molecular complexity index is 1410. The first-order chi connectivity index (χ1) is 18.1. The van der Waals surface area contributed by atoms with Gasteiger partial charge >= 0.3 is 0 Å². The topological polar surface area (TPSA) is 77.8 Å². The normalized spacial score (nSPS) is 19.8. The highest BCUT2D eigenvalue weighted by atomic mass is 19.1. The van der Waals surface area contributed by atoms with Crippen LogP contribution in [0.1, 0.15) is 67.0 Å². The summed E-state index contributed by atoms with van der Waals surface area (Å²) in [7, 11) is 0. The monoisotopic (exact) mass is 504 g/mol. The van der Waals surface area contributed by atoms with Gasteiger partial charge in [-0.25, -0.2) is 23.7 Å². The second-order valence-corrected chi connectivity index (χ2v) is 10.1. The third kappa shape index (κ3) is 5.10. The number of rotatable bonds is 4. The molecule has 5 heterocycles. The molecule has 1 saturated carbocycles. The van der Waals surface area contributed by atoms with Crippen LogP contribution in [0.15, 0.2) is 43.0 Å². The first-order valence-electron chi connectivity index (χ1n) is 13.0. The summed E-state index contributed by atoms with van der Waals surface area (Å²) in [5.74, 6) is -0.852. The lowest BCUT2D eigenvalue weighted by Gasteiger charge is -2.28. The van der Waals surface area contributed by atoms with Crippen molar-refractivity contribution in [3.05, 3.63) is 71.4 Å². The van der Waals surface area contributed by atoms with Gasteiger partial charge in [0.2, 0.25) is 0 Å². The minimum atomic E-state index is -0.641. The number of hydrogen-bond acceptors (Lipinski definition) is 6. The van der Waals surface area contributed by atoms with E-state index in [-0.39, 0.29) is 5.56 Å². The molecule has 0 radical (unpaired) electrons. The molecule has 3 aromatic heterocycles. The van der Waals surface area contributed by atoms with Gasteiger partial charge in [0.05, 0.1) is 24.0 Å². The maximum Gasteiger partial charge on any atom is 0.163 e. The zero-order valence-corrected chi connectivity index (χ0v) is 20.8. The van der Waals surface area contributed by atoms with E-state index in [1.54, 1.807) is 0 Å². The Morgan fingerprint density at radius 3 is 2.62 bits per heavy atom. The molecule has 1 N–H and O–H groups in total. The van der Waals surface area contributed by atoms with Gasteiger partial charge in [0.15, 0.2) is 5.65 Å². The van der Waals surface area contributed by atoms with Crippen molar-refractivity contribution >= 4 is 11.0 Å². The van der Waals surface area contributed by atoms with Crippen molar-refractivity contribution in [2.45, 2.75) is 57.1 Å². The van der Waals surface area contributed by atoms with E-state index in [0.717, 1.165) is 43.4 Å². The quantitative estimate of drug-likeness (QED) is 0.400. The van der Waals surface area contributed by atoms with E-state index in [9.17, 15) is 8.78 Å². The van der Waals surface area contributed by atoms with Crippen molar-refractivity contribution in [3.8, 4) is 11.3 Å². The van der Waals surface area contributed by atoms with Gasteiger partial charge in [0, 0.05) is 60.1 Å². The second-order valence-electron chi connectivity index (χ2n) is 10.1. The molecule has 2 aliphatic heterocycles. The van der Waals surface area contributed by atoms with Crippen LogP contribution in [0.5, 0.6) is 0 Å². The van der Waals surface area contributed by atoms with Crippen molar-refractivity contribution in [2.75, 3.05) is 19.7 Å². The number of benzene rings is 1. The van der Waals surface area contributed by atoms with Crippen LogP contribution in [-0.2, 0) is 4.74 Å². The Kier molecular flexibility index (Phi) is 6.65. The van der Waals surface area contributed by atoms with Crippen LogP contribution in [-0.4, -0.2) is 44.4 Å². The van der Waals surface area contributed by atoms with E-state index in [0.29, 0.717) is 34.8 Å². The molecule has 0 bridgehead atoms. The van der Waals surface area contributed by atoms with Crippen molar-refractivity contribution in [2.24, 2.45) is 0 Å². The van der Waals surface area contributed by atoms with Crippen molar-refractivity contribution in [1.29, 1.82) is 0 Å². The number of aryl methyl sites for hydroxylation is 1. The number of fused-ring (bicyclic) bond motifs is 1. The number of pyridine rings is 1. The van der Waals surface area contributed by atoms with Crippen molar-refractivity contribution in [1.82, 2.24) is 30.0 Å². The smallest absolute Gasteiger partial charge is 0.163 e. The van der Waals surface area contributed by atoms with Gasteiger partial charge in [-0.3, -0.25) is 4.68 Å². The first-order valence-corrected chi connectivity index (χ1v) is 13.0.